The lowest BCUT2D eigenvalue weighted by Crippen LogP contribution is -2.22. The first-order valence-electron chi connectivity index (χ1n) is 8.36. The molecule has 0 atom stereocenters. The molecular weight excluding hydrogens is 332 g/mol. The van der Waals surface area contributed by atoms with Gasteiger partial charge < -0.3 is 5.32 Å². The van der Waals surface area contributed by atoms with Gasteiger partial charge in [0.1, 0.15) is 4.88 Å². The van der Waals surface area contributed by atoms with Crippen LogP contribution in [0.3, 0.4) is 0 Å². The number of nitrogens with one attached hydrogen (secondary N) is 1. The van der Waals surface area contributed by atoms with Crippen LogP contribution >= 0.6 is 11.3 Å². The van der Waals surface area contributed by atoms with Crippen LogP contribution in [0, 0.1) is 12.8 Å². The minimum Gasteiger partial charge on any atom is -0.347 e. The monoisotopic (exact) mass is 354 g/mol. The van der Waals surface area contributed by atoms with Gasteiger partial charge in [0.05, 0.1) is 16.4 Å². The maximum atomic E-state index is 12.4. The van der Waals surface area contributed by atoms with Gasteiger partial charge in [0.15, 0.2) is 0 Å². The largest absolute Gasteiger partial charge is 0.347 e. The SMILES string of the molecule is Cc1nc(CC(C)C)sc1C(=O)NCc1ccc(-n2cccn2)cc1. The third-order valence-corrected chi connectivity index (χ3v) is 4.97. The number of nitrogens with zero attached hydrogens (tertiary/aromatic N) is 3. The first-order chi connectivity index (χ1) is 12.0. The Bertz CT molecular complexity index is 835. The summed E-state index contributed by atoms with van der Waals surface area (Å²) in [5.74, 6) is 0.482. The van der Waals surface area contributed by atoms with E-state index in [1.807, 2.05) is 43.5 Å². The van der Waals surface area contributed by atoms with E-state index in [1.54, 1.807) is 10.9 Å². The van der Waals surface area contributed by atoms with Gasteiger partial charge in [-0.2, -0.15) is 5.10 Å². The molecule has 0 saturated heterocycles. The fraction of sp³-hybridized carbons (Fsp3) is 0.316. The summed E-state index contributed by atoms with van der Waals surface area (Å²) in [5, 5.41) is 8.22. The Morgan fingerprint density at radius 2 is 2.04 bits per heavy atom. The van der Waals surface area contributed by atoms with E-state index in [0.717, 1.165) is 28.4 Å². The molecule has 3 rings (SSSR count). The molecule has 2 aromatic heterocycles. The third-order valence-electron chi connectivity index (χ3n) is 3.79. The van der Waals surface area contributed by atoms with E-state index in [4.69, 9.17) is 0 Å². The summed E-state index contributed by atoms with van der Waals surface area (Å²) in [5.41, 5.74) is 2.86. The van der Waals surface area contributed by atoms with Crippen LogP contribution in [0.15, 0.2) is 42.7 Å². The first kappa shape index (κ1) is 17.4. The molecule has 0 bridgehead atoms. The predicted molar refractivity (Wildman–Crippen MR) is 100 cm³/mol. The molecule has 0 spiro atoms. The average molecular weight is 354 g/mol. The van der Waals surface area contributed by atoms with Crippen LogP contribution in [0.5, 0.6) is 0 Å². The maximum Gasteiger partial charge on any atom is 0.263 e. The van der Waals surface area contributed by atoms with Gasteiger partial charge in [-0.15, -0.1) is 11.3 Å². The highest BCUT2D eigenvalue weighted by molar-refractivity contribution is 7.13. The van der Waals surface area contributed by atoms with Crippen LogP contribution in [-0.4, -0.2) is 20.7 Å². The summed E-state index contributed by atoms with van der Waals surface area (Å²) in [4.78, 5) is 17.7. The fourth-order valence-corrected chi connectivity index (χ4v) is 3.74. The van der Waals surface area contributed by atoms with Crippen molar-refractivity contribution in [3.8, 4) is 5.69 Å². The van der Waals surface area contributed by atoms with Gasteiger partial charge in [-0.3, -0.25) is 4.79 Å². The normalized spacial score (nSPS) is 11.0. The Morgan fingerprint density at radius 3 is 2.68 bits per heavy atom. The van der Waals surface area contributed by atoms with Crippen LogP contribution in [-0.2, 0) is 13.0 Å². The molecule has 25 heavy (non-hydrogen) atoms. The van der Waals surface area contributed by atoms with Gasteiger partial charge in [-0.25, -0.2) is 9.67 Å². The number of hydrogen-bond acceptors (Lipinski definition) is 4. The molecule has 0 aliphatic carbocycles. The molecule has 3 aromatic rings. The number of hydrogen-bond donors (Lipinski definition) is 1. The van der Waals surface area contributed by atoms with E-state index in [-0.39, 0.29) is 5.91 Å². The number of aryl methyl sites for hydroxylation is 1. The van der Waals surface area contributed by atoms with Crippen LogP contribution in [0.1, 0.15) is 39.8 Å². The molecule has 0 saturated carbocycles. The summed E-state index contributed by atoms with van der Waals surface area (Å²) in [7, 11) is 0. The standard InChI is InChI=1S/C19H22N4OS/c1-13(2)11-17-22-14(3)18(25-17)19(24)20-12-15-5-7-16(8-6-15)23-10-4-9-21-23/h4-10,13H,11-12H2,1-3H3,(H,20,24). The number of rotatable bonds is 6. The summed E-state index contributed by atoms with van der Waals surface area (Å²) >= 11 is 1.50. The molecular formula is C19H22N4OS. The fourth-order valence-electron chi connectivity index (χ4n) is 2.55. The van der Waals surface area contributed by atoms with E-state index in [1.165, 1.54) is 11.3 Å². The highest BCUT2D eigenvalue weighted by Crippen LogP contribution is 2.20. The maximum absolute atomic E-state index is 12.4. The van der Waals surface area contributed by atoms with Crippen LogP contribution in [0.2, 0.25) is 0 Å². The van der Waals surface area contributed by atoms with Gasteiger partial charge in [0.2, 0.25) is 0 Å². The molecule has 6 heteroatoms. The molecule has 2 heterocycles. The number of benzene rings is 1. The topological polar surface area (TPSA) is 59.8 Å². The van der Waals surface area contributed by atoms with Gasteiger partial charge in [-0.05, 0) is 36.6 Å². The number of thiazole rings is 1. The van der Waals surface area contributed by atoms with Crippen LogP contribution < -0.4 is 5.32 Å². The van der Waals surface area contributed by atoms with Crippen molar-refractivity contribution in [3.63, 3.8) is 0 Å². The summed E-state index contributed by atoms with van der Waals surface area (Å²) in [6.45, 7) is 6.70. The minimum absolute atomic E-state index is 0.0545. The lowest BCUT2D eigenvalue weighted by Gasteiger charge is -2.06. The van der Waals surface area contributed by atoms with E-state index in [2.05, 4.69) is 29.2 Å². The zero-order valence-electron chi connectivity index (χ0n) is 14.7. The second-order valence-corrected chi connectivity index (χ2v) is 7.50. The molecule has 0 fully saturated rings. The van der Waals surface area contributed by atoms with Crippen molar-refractivity contribution in [2.75, 3.05) is 0 Å². The summed E-state index contributed by atoms with van der Waals surface area (Å²) in [6, 6.07) is 9.88. The highest BCUT2D eigenvalue weighted by atomic mass is 32.1. The smallest absolute Gasteiger partial charge is 0.263 e. The second-order valence-electron chi connectivity index (χ2n) is 6.42. The number of aromatic nitrogens is 3. The number of carbonyl (C=O) groups excluding carboxylic acids is 1. The molecule has 1 N–H and O–H groups in total. The quantitative estimate of drug-likeness (QED) is 0.733. The van der Waals surface area contributed by atoms with E-state index >= 15 is 0 Å². The van der Waals surface area contributed by atoms with Crippen molar-refractivity contribution in [1.82, 2.24) is 20.1 Å². The Kier molecular flexibility index (Phi) is 5.28. The predicted octanol–water partition coefficient (Wildman–Crippen LogP) is 3.77. The van der Waals surface area contributed by atoms with Gasteiger partial charge in [-0.1, -0.05) is 26.0 Å². The number of carbonyl (C=O) groups is 1. The molecule has 0 aliphatic heterocycles. The third kappa shape index (κ3) is 4.33. The molecule has 1 amide bonds. The van der Waals surface area contributed by atoms with E-state index in [0.29, 0.717) is 17.3 Å². The summed E-state index contributed by atoms with van der Waals surface area (Å²) < 4.78 is 1.80. The van der Waals surface area contributed by atoms with E-state index < -0.39 is 0 Å². The van der Waals surface area contributed by atoms with Crippen LogP contribution in [0.25, 0.3) is 5.69 Å². The lowest BCUT2D eigenvalue weighted by atomic mass is 10.1. The molecule has 1 aromatic carbocycles. The molecule has 130 valence electrons. The van der Waals surface area contributed by atoms with E-state index in [9.17, 15) is 4.79 Å². The molecule has 0 aliphatic rings. The van der Waals surface area contributed by atoms with Gasteiger partial charge in [0.25, 0.3) is 5.91 Å². The highest BCUT2D eigenvalue weighted by Gasteiger charge is 2.15. The van der Waals surface area contributed by atoms with Crippen molar-refractivity contribution >= 4 is 17.2 Å². The van der Waals surface area contributed by atoms with Gasteiger partial charge in [0, 0.05) is 25.4 Å². The molecule has 0 unspecified atom stereocenters. The molecule has 5 nitrogen and oxygen atoms in total. The minimum atomic E-state index is -0.0545. The van der Waals surface area contributed by atoms with Crippen molar-refractivity contribution < 1.29 is 4.79 Å². The lowest BCUT2D eigenvalue weighted by molar-refractivity contribution is 0.0954. The zero-order valence-corrected chi connectivity index (χ0v) is 15.5. The molecule has 0 radical (unpaired) electrons. The van der Waals surface area contributed by atoms with Crippen molar-refractivity contribution in [2.24, 2.45) is 5.92 Å². The Balaban J connectivity index is 1.61. The second kappa shape index (κ2) is 7.61. The Morgan fingerprint density at radius 1 is 1.28 bits per heavy atom. The van der Waals surface area contributed by atoms with Crippen molar-refractivity contribution in [1.29, 1.82) is 0 Å². The average Bonchev–Trinajstić information content (AvgIpc) is 3.22. The number of amides is 1. The van der Waals surface area contributed by atoms with Crippen LogP contribution in [0.4, 0.5) is 0 Å². The Labute approximate surface area is 151 Å². The van der Waals surface area contributed by atoms with Gasteiger partial charge >= 0.3 is 0 Å². The van der Waals surface area contributed by atoms with Crippen molar-refractivity contribution in [3.05, 3.63) is 63.9 Å². The zero-order chi connectivity index (χ0) is 17.8. The Hall–Kier alpha value is -2.47. The summed E-state index contributed by atoms with van der Waals surface area (Å²) in [6.07, 6.45) is 4.56. The first-order valence-corrected chi connectivity index (χ1v) is 9.18. The van der Waals surface area contributed by atoms with Crippen molar-refractivity contribution in [2.45, 2.75) is 33.7 Å².